The summed E-state index contributed by atoms with van der Waals surface area (Å²) in [5.41, 5.74) is 6.10. The van der Waals surface area contributed by atoms with E-state index in [4.69, 9.17) is 0 Å². The number of amides is 5. The Morgan fingerprint density at radius 2 is 1.66 bits per heavy atom. The number of aromatic amines is 1. The number of hydrogen-bond donors (Lipinski definition) is 2. The lowest BCUT2D eigenvalue weighted by Gasteiger charge is -2.43. The zero-order chi connectivity index (χ0) is 42.5. The van der Waals surface area contributed by atoms with Crippen LogP contribution in [0.5, 0.6) is 0 Å². The largest absolute Gasteiger partial charge is 0.369 e. The second-order valence-corrected chi connectivity index (χ2v) is 16.6. The maximum absolute atomic E-state index is 13.4. The summed E-state index contributed by atoms with van der Waals surface area (Å²) in [7, 11) is 3.44. The zero-order valence-electron chi connectivity index (χ0n) is 35.1. The lowest BCUT2D eigenvalue weighted by Crippen LogP contribution is -2.53. The number of aryl methyl sites for hydroxylation is 1. The number of imide groups is 1. The van der Waals surface area contributed by atoms with Crippen molar-refractivity contribution in [1.29, 1.82) is 0 Å². The van der Waals surface area contributed by atoms with Crippen molar-refractivity contribution in [1.82, 2.24) is 44.9 Å². The van der Waals surface area contributed by atoms with Gasteiger partial charge in [0.15, 0.2) is 0 Å². The number of piperazine rings is 1. The molecular weight excluding hydrogens is 773 g/mol. The molecular formula is C46H54N10O5. The van der Waals surface area contributed by atoms with Crippen LogP contribution in [0.4, 0.5) is 5.69 Å². The van der Waals surface area contributed by atoms with Crippen molar-refractivity contribution in [2.45, 2.75) is 69.9 Å². The molecule has 4 aliphatic heterocycles. The van der Waals surface area contributed by atoms with Crippen molar-refractivity contribution in [3.05, 3.63) is 83.3 Å². The number of nitrogens with one attached hydrogen (secondary N) is 2. The Morgan fingerprint density at radius 3 is 2.38 bits per heavy atom. The molecule has 0 bridgehead atoms. The number of fused-ring (bicyclic) bond motifs is 1. The second-order valence-electron chi connectivity index (χ2n) is 16.6. The van der Waals surface area contributed by atoms with Crippen LogP contribution in [0.3, 0.4) is 0 Å². The Hall–Kier alpha value is -6.27. The predicted octanol–water partition coefficient (Wildman–Crippen LogP) is 3.63. The highest BCUT2D eigenvalue weighted by atomic mass is 16.2. The summed E-state index contributed by atoms with van der Waals surface area (Å²) >= 11 is 0. The van der Waals surface area contributed by atoms with E-state index in [0.717, 1.165) is 97.4 Å². The Morgan fingerprint density at radius 1 is 0.885 bits per heavy atom. The first-order chi connectivity index (χ1) is 29.6. The highest BCUT2D eigenvalue weighted by molar-refractivity contribution is 6.01. The first-order valence-corrected chi connectivity index (χ1v) is 21.5. The Labute approximate surface area is 356 Å². The van der Waals surface area contributed by atoms with Crippen molar-refractivity contribution in [2.24, 2.45) is 0 Å². The molecule has 6 heterocycles. The Kier molecular flexibility index (Phi) is 12.6. The number of anilines is 1. The Bertz CT molecular complexity index is 2360. The third kappa shape index (κ3) is 9.70. The molecule has 1 atom stereocenters. The third-order valence-corrected chi connectivity index (χ3v) is 12.5. The standard InChI is InChI=1S/C46H54N10O5/c1-51(2)46(61)41-30-39-33(28-35(29-40(39)48-41)34-7-5-19-55(31-34)44(59)17-22-56-23-18-47-50-56)6-3-4-8-43(58)54-20-15-37(16-21-54)53-26-24-52(25-27-53)36-11-9-32(10-12-36)38-13-14-42(57)49-45(38)60/h7,9-12,18,23,28-30,37-38,48H,4-5,8,13-17,19-22,24-27,31H2,1-2H3,(H,49,57,60). The van der Waals surface area contributed by atoms with Crippen molar-refractivity contribution < 1.29 is 24.0 Å². The lowest BCUT2D eigenvalue weighted by atomic mass is 9.90. The first kappa shape index (κ1) is 41.5. The molecule has 2 aromatic heterocycles. The SMILES string of the molecule is CN(C)C(=O)c1cc2c(C#CCCC(=O)N3CCC(N4CCN(c5ccc(C6CCC(=O)NC6=O)cc5)CC4)CC3)cc(C3=CCCN(C(=O)CCn4ccnn4)C3)cc2[nH]1. The van der Waals surface area contributed by atoms with Crippen LogP contribution in [0.25, 0.3) is 16.5 Å². The van der Waals surface area contributed by atoms with E-state index in [9.17, 15) is 24.0 Å². The predicted molar refractivity (Wildman–Crippen MR) is 231 cm³/mol. The maximum Gasteiger partial charge on any atom is 0.269 e. The van der Waals surface area contributed by atoms with Gasteiger partial charge in [-0.2, -0.15) is 0 Å². The van der Waals surface area contributed by atoms with Crippen molar-refractivity contribution in [2.75, 3.05) is 71.4 Å². The van der Waals surface area contributed by atoms with Gasteiger partial charge in [0.05, 0.1) is 18.7 Å². The van der Waals surface area contributed by atoms with E-state index < -0.39 is 0 Å². The van der Waals surface area contributed by atoms with Crippen molar-refractivity contribution in [3.63, 3.8) is 0 Å². The van der Waals surface area contributed by atoms with Gasteiger partial charge in [-0.15, -0.1) is 5.10 Å². The zero-order valence-corrected chi connectivity index (χ0v) is 35.1. The summed E-state index contributed by atoms with van der Waals surface area (Å²) in [6, 6.07) is 14.6. The van der Waals surface area contributed by atoms with Gasteiger partial charge in [-0.1, -0.05) is 35.3 Å². The lowest BCUT2D eigenvalue weighted by molar-refractivity contribution is -0.135. The number of carbonyl (C=O) groups is 5. The van der Waals surface area contributed by atoms with Crippen LogP contribution < -0.4 is 10.2 Å². The molecule has 5 amide bonds. The van der Waals surface area contributed by atoms with Crippen molar-refractivity contribution >= 4 is 51.7 Å². The summed E-state index contributed by atoms with van der Waals surface area (Å²) in [6.45, 7) is 6.83. The maximum atomic E-state index is 13.4. The molecule has 15 nitrogen and oxygen atoms in total. The van der Waals surface area contributed by atoms with Gasteiger partial charge in [0.1, 0.15) is 5.69 Å². The van der Waals surface area contributed by atoms with Gasteiger partial charge in [0.2, 0.25) is 23.6 Å². The summed E-state index contributed by atoms with van der Waals surface area (Å²) in [4.78, 5) is 77.0. The fourth-order valence-corrected chi connectivity index (χ4v) is 9.01. The van der Waals surface area contributed by atoms with Crippen LogP contribution in [-0.2, 0) is 25.7 Å². The molecule has 0 saturated carbocycles. The van der Waals surface area contributed by atoms with Gasteiger partial charge in [0, 0.05) is 127 Å². The van der Waals surface area contributed by atoms with Gasteiger partial charge in [0.25, 0.3) is 5.91 Å². The van der Waals surface area contributed by atoms with Gasteiger partial charge in [-0.3, -0.25) is 38.9 Å². The highest BCUT2D eigenvalue weighted by Gasteiger charge is 2.31. The smallest absolute Gasteiger partial charge is 0.269 e. The topological polar surface area (TPSA) is 160 Å². The number of likely N-dealkylation sites (tertiary alicyclic amines) is 1. The number of H-pyrrole nitrogens is 1. The van der Waals surface area contributed by atoms with E-state index in [1.165, 1.54) is 4.90 Å². The normalized spacial score (nSPS) is 19.0. The van der Waals surface area contributed by atoms with E-state index >= 15 is 0 Å². The van der Waals surface area contributed by atoms with Crippen LogP contribution in [0.15, 0.2) is 60.9 Å². The molecule has 318 valence electrons. The third-order valence-electron chi connectivity index (χ3n) is 12.5. The van der Waals surface area contributed by atoms with E-state index in [2.05, 4.69) is 60.5 Å². The minimum absolute atomic E-state index is 0.0576. The van der Waals surface area contributed by atoms with Crippen LogP contribution in [0.2, 0.25) is 0 Å². The van der Waals surface area contributed by atoms with Gasteiger partial charge < -0.3 is 24.6 Å². The molecule has 4 aliphatic rings. The molecule has 2 N–H and O–H groups in total. The Balaban J connectivity index is 0.838. The second kappa shape index (κ2) is 18.6. The highest BCUT2D eigenvalue weighted by Crippen LogP contribution is 2.30. The van der Waals surface area contributed by atoms with E-state index in [0.29, 0.717) is 63.5 Å². The van der Waals surface area contributed by atoms with Crippen LogP contribution in [0.1, 0.15) is 84.5 Å². The molecule has 8 rings (SSSR count). The monoisotopic (exact) mass is 826 g/mol. The molecule has 2 aromatic carbocycles. The molecule has 0 spiro atoms. The number of piperidine rings is 2. The molecule has 4 aromatic rings. The molecule has 0 aliphatic carbocycles. The summed E-state index contributed by atoms with van der Waals surface area (Å²) in [6.07, 6.45) is 10.2. The van der Waals surface area contributed by atoms with Crippen LogP contribution >= 0.6 is 0 Å². The first-order valence-electron chi connectivity index (χ1n) is 21.5. The van der Waals surface area contributed by atoms with Gasteiger partial charge >= 0.3 is 0 Å². The van der Waals surface area contributed by atoms with E-state index in [-0.39, 0.29) is 35.5 Å². The molecule has 61 heavy (non-hydrogen) atoms. The fourth-order valence-electron chi connectivity index (χ4n) is 9.01. The summed E-state index contributed by atoms with van der Waals surface area (Å²) in [5, 5.41) is 11.1. The van der Waals surface area contributed by atoms with Crippen LogP contribution in [0, 0.1) is 11.8 Å². The average Bonchev–Trinajstić information content (AvgIpc) is 3.98. The molecule has 1 unspecified atom stereocenters. The van der Waals surface area contributed by atoms with Gasteiger partial charge in [-0.25, -0.2) is 0 Å². The van der Waals surface area contributed by atoms with Crippen LogP contribution in [-0.4, -0.2) is 142 Å². The molecule has 0 radical (unpaired) electrons. The molecule has 15 heteroatoms. The number of rotatable bonds is 10. The summed E-state index contributed by atoms with van der Waals surface area (Å²) < 4.78 is 1.66. The molecule has 3 fully saturated rings. The fraction of sp³-hybridized carbons (Fsp3) is 0.457. The average molecular weight is 827 g/mol. The van der Waals surface area contributed by atoms with E-state index in [1.54, 1.807) is 31.2 Å². The van der Waals surface area contributed by atoms with E-state index in [1.807, 2.05) is 40.1 Å². The number of nitrogens with zero attached hydrogens (tertiary/aromatic N) is 8. The number of hydrogen-bond acceptors (Lipinski definition) is 9. The number of aromatic nitrogens is 4. The number of carbonyl (C=O) groups excluding carboxylic acids is 5. The minimum Gasteiger partial charge on any atom is -0.369 e. The molecule has 3 saturated heterocycles. The van der Waals surface area contributed by atoms with Gasteiger partial charge in [-0.05, 0) is 72.7 Å². The summed E-state index contributed by atoms with van der Waals surface area (Å²) in [5.74, 6) is 5.97. The number of benzene rings is 2. The quantitative estimate of drug-likeness (QED) is 0.180. The minimum atomic E-state index is -0.273. The van der Waals surface area contributed by atoms with Crippen molar-refractivity contribution in [3.8, 4) is 11.8 Å².